The average molecular weight is 340 g/mol. The number of hydrogen-bond donors (Lipinski definition) is 0. The third kappa shape index (κ3) is 3.79. The van der Waals surface area contributed by atoms with Crippen molar-refractivity contribution in [3.63, 3.8) is 0 Å². The molecule has 0 radical (unpaired) electrons. The van der Waals surface area contributed by atoms with Crippen molar-refractivity contribution in [3.8, 4) is 0 Å². The zero-order valence-corrected chi connectivity index (χ0v) is 13.1. The van der Waals surface area contributed by atoms with E-state index in [0.29, 0.717) is 4.88 Å². The summed E-state index contributed by atoms with van der Waals surface area (Å²) < 4.78 is 27.8. The van der Waals surface area contributed by atoms with Crippen molar-refractivity contribution in [2.24, 2.45) is 5.92 Å². The van der Waals surface area contributed by atoms with E-state index in [0.717, 1.165) is 0 Å². The molecular weight excluding hydrogens is 328 g/mol. The van der Waals surface area contributed by atoms with Crippen LogP contribution in [0.1, 0.15) is 16.6 Å². The lowest BCUT2D eigenvalue weighted by Crippen LogP contribution is -2.24. The van der Waals surface area contributed by atoms with Gasteiger partial charge >= 0.3 is 16.1 Å². The van der Waals surface area contributed by atoms with Gasteiger partial charge in [-0.3, -0.25) is 9.68 Å². The zero-order chi connectivity index (χ0) is 16.2. The molecule has 2 rings (SSSR count). The molecule has 0 amide bonds. The zero-order valence-electron chi connectivity index (χ0n) is 11.5. The van der Waals surface area contributed by atoms with Gasteiger partial charge in [0.15, 0.2) is 5.78 Å². The van der Waals surface area contributed by atoms with Crippen molar-refractivity contribution in [2.75, 3.05) is 0 Å². The number of carbonyl (C=O) groups excluding carboxylic acids is 2. The number of thiophene rings is 1. The summed E-state index contributed by atoms with van der Waals surface area (Å²) in [5.74, 6) is -2.69. The van der Waals surface area contributed by atoms with Crippen molar-refractivity contribution in [3.05, 3.63) is 52.7 Å². The first kappa shape index (κ1) is 16.3. The van der Waals surface area contributed by atoms with E-state index in [9.17, 15) is 18.0 Å². The lowest BCUT2D eigenvalue weighted by atomic mass is 10.1. The van der Waals surface area contributed by atoms with Crippen LogP contribution in [0, 0.1) is 5.92 Å². The predicted octanol–water partition coefficient (Wildman–Crippen LogP) is 2.43. The maximum atomic E-state index is 11.9. The molecular formula is C14H12O6S2. The van der Waals surface area contributed by atoms with E-state index in [1.54, 1.807) is 23.6 Å². The summed E-state index contributed by atoms with van der Waals surface area (Å²) in [6, 6.07) is 10.5. The molecule has 0 bridgehead atoms. The van der Waals surface area contributed by atoms with Gasteiger partial charge in [0.2, 0.25) is 0 Å². The Morgan fingerprint density at radius 2 is 1.77 bits per heavy atom. The van der Waals surface area contributed by atoms with Gasteiger partial charge in [0.1, 0.15) is 5.92 Å². The first-order chi connectivity index (χ1) is 10.4. The Morgan fingerprint density at radius 1 is 1.09 bits per heavy atom. The maximum Gasteiger partial charge on any atom is 0.354 e. The summed E-state index contributed by atoms with van der Waals surface area (Å²) in [4.78, 5) is 28.2. The van der Waals surface area contributed by atoms with Gasteiger partial charge in [0.25, 0.3) is 0 Å². The molecule has 6 nitrogen and oxygen atoms in total. The van der Waals surface area contributed by atoms with Crippen LogP contribution in [0.25, 0.3) is 0 Å². The highest BCUT2D eigenvalue weighted by atomic mass is 32.2. The minimum Gasteiger partial charge on any atom is -0.292 e. The molecule has 2 aromatic rings. The summed E-state index contributed by atoms with van der Waals surface area (Å²) in [5.41, 5.74) is 0. The van der Waals surface area contributed by atoms with Gasteiger partial charge in [-0.05, 0) is 34.8 Å². The van der Waals surface area contributed by atoms with Gasteiger partial charge in [-0.2, -0.15) is 8.42 Å². The highest BCUT2D eigenvalue weighted by molar-refractivity contribution is 7.86. The van der Waals surface area contributed by atoms with Crippen LogP contribution < -0.4 is 0 Å². The molecule has 8 heteroatoms. The third-order valence-electron chi connectivity index (χ3n) is 2.75. The van der Waals surface area contributed by atoms with E-state index < -0.39 is 27.8 Å². The molecule has 116 valence electrons. The van der Waals surface area contributed by atoms with E-state index in [1.165, 1.54) is 42.5 Å². The second kappa shape index (κ2) is 6.82. The number of benzene rings is 1. The van der Waals surface area contributed by atoms with Gasteiger partial charge in [0, 0.05) is 0 Å². The Bertz CT molecular complexity index is 750. The van der Waals surface area contributed by atoms with Crippen LogP contribution >= 0.6 is 11.3 Å². The number of carbonyl (C=O) groups is 2. The molecule has 1 atom stereocenters. The number of Topliss-reactive ketones (excluding diaryl/α,β-unsaturated/α-hetero) is 1. The minimum atomic E-state index is -4.22. The molecule has 0 aliphatic rings. The fourth-order valence-electron chi connectivity index (χ4n) is 1.52. The Morgan fingerprint density at radius 3 is 2.36 bits per heavy atom. The molecule has 1 unspecified atom stereocenters. The van der Waals surface area contributed by atoms with Crippen molar-refractivity contribution < 1.29 is 27.2 Å². The quantitative estimate of drug-likeness (QED) is 0.347. The smallest absolute Gasteiger partial charge is 0.292 e. The SMILES string of the molecule is CC(C(=O)OOS(=O)(=O)c1ccccc1)C(=O)c1cccs1. The van der Waals surface area contributed by atoms with Gasteiger partial charge in [-0.25, -0.2) is 4.79 Å². The fourth-order valence-corrected chi connectivity index (χ4v) is 3.00. The second-order valence-electron chi connectivity index (χ2n) is 4.30. The molecule has 0 fully saturated rings. The molecule has 0 N–H and O–H groups in total. The van der Waals surface area contributed by atoms with Crippen molar-refractivity contribution in [2.45, 2.75) is 11.8 Å². The highest BCUT2D eigenvalue weighted by Gasteiger charge is 2.28. The van der Waals surface area contributed by atoms with Crippen molar-refractivity contribution in [1.29, 1.82) is 0 Å². The Hall–Kier alpha value is -2.03. The van der Waals surface area contributed by atoms with Crippen LogP contribution in [-0.4, -0.2) is 20.2 Å². The Balaban J connectivity index is 1.99. The van der Waals surface area contributed by atoms with Crippen LogP contribution in [0.3, 0.4) is 0 Å². The first-order valence-corrected chi connectivity index (χ1v) is 8.48. The molecule has 22 heavy (non-hydrogen) atoms. The van der Waals surface area contributed by atoms with Crippen molar-refractivity contribution in [1.82, 2.24) is 0 Å². The van der Waals surface area contributed by atoms with Gasteiger partial charge in [-0.1, -0.05) is 24.3 Å². The first-order valence-electron chi connectivity index (χ1n) is 6.19. The van der Waals surface area contributed by atoms with E-state index in [-0.39, 0.29) is 4.90 Å². The third-order valence-corrected chi connectivity index (χ3v) is 4.73. The van der Waals surface area contributed by atoms with Crippen LogP contribution in [-0.2, 0) is 24.1 Å². The van der Waals surface area contributed by atoms with E-state index in [4.69, 9.17) is 0 Å². The van der Waals surface area contributed by atoms with Gasteiger partial charge in [-0.15, -0.1) is 11.3 Å². The summed E-state index contributed by atoms with van der Waals surface area (Å²) in [7, 11) is -4.22. The van der Waals surface area contributed by atoms with E-state index >= 15 is 0 Å². The molecule has 0 saturated heterocycles. The minimum absolute atomic E-state index is 0.153. The normalized spacial score (nSPS) is 12.6. The fraction of sp³-hybridized carbons (Fsp3) is 0.143. The second-order valence-corrected chi connectivity index (χ2v) is 6.76. The number of rotatable bonds is 6. The Labute approximate surface area is 131 Å². The predicted molar refractivity (Wildman–Crippen MR) is 78.6 cm³/mol. The Kier molecular flexibility index (Phi) is 5.07. The van der Waals surface area contributed by atoms with Crippen LogP contribution in [0.15, 0.2) is 52.7 Å². The lowest BCUT2D eigenvalue weighted by molar-refractivity contribution is -0.213. The standard InChI is InChI=1S/C14H12O6S2/c1-10(13(15)12-8-5-9-21-12)14(16)19-20-22(17,18)11-6-3-2-4-7-11/h2-10H,1H3. The topological polar surface area (TPSA) is 86.7 Å². The van der Waals surface area contributed by atoms with Crippen LogP contribution in [0.4, 0.5) is 0 Å². The molecule has 1 aromatic heterocycles. The summed E-state index contributed by atoms with van der Waals surface area (Å²) >= 11 is 1.18. The van der Waals surface area contributed by atoms with Crippen LogP contribution in [0.2, 0.25) is 0 Å². The summed E-state index contributed by atoms with van der Waals surface area (Å²) in [5, 5.41) is 1.70. The highest BCUT2D eigenvalue weighted by Crippen LogP contribution is 2.17. The largest absolute Gasteiger partial charge is 0.354 e. The molecule has 1 aromatic carbocycles. The maximum absolute atomic E-state index is 11.9. The van der Waals surface area contributed by atoms with Gasteiger partial charge < -0.3 is 0 Å². The van der Waals surface area contributed by atoms with Crippen LogP contribution in [0.5, 0.6) is 0 Å². The molecule has 0 saturated carbocycles. The summed E-state index contributed by atoms with van der Waals surface area (Å²) in [6.45, 7) is 1.32. The number of hydrogen-bond acceptors (Lipinski definition) is 7. The van der Waals surface area contributed by atoms with Gasteiger partial charge in [0.05, 0.1) is 9.77 Å². The summed E-state index contributed by atoms with van der Waals surface area (Å²) in [6.07, 6.45) is 0. The van der Waals surface area contributed by atoms with E-state index in [2.05, 4.69) is 9.22 Å². The molecule has 0 spiro atoms. The number of ketones is 1. The van der Waals surface area contributed by atoms with E-state index in [1.807, 2.05) is 0 Å². The average Bonchev–Trinajstić information content (AvgIpc) is 3.06. The lowest BCUT2D eigenvalue weighted by Gasteiger charge is -2.08. The monoisotopic (exact) mass is 340 g/mol. The van der Waals surface area contributed by atoms with Crippen molar-refractivity contribution >= 4 is 33.2 Å². The molecule has 0 aliphatic carbocycles. The molecule has 0 aliphatic heterocycles. The molecule has 1 heterocycles.